The summed E-state index contributed by atoms with van der Waals surface area (Å²) in [4.78, 5) is 25.2. The number of anilines is 1. The van der Waals surface area contributed by atoms with Gasteiger partial charge in [-0.2, -0.15) is 0 Å². The Morgan fingerprint density at radius 2 is 1.95 bits per heavy atom. The predicted molar refractivity (Wildman–Crippen MR) is 85.8 cm³/mol. The number of rotatable bonds is 5. The van der Waals surface area contributed by atoms with E-state index >= 15 is 0 Å². The molecule has 1 fully saturated rings. The number of piperidine rings is 1. The first-order valence-electron chi connectivity index (χ1n) is 7.78. The fourth-order valence-electron chi connectivity index (χ4n) is 2.83. The van der Waals surface area contributed by atoms with Crippen LogP contribution in [0, 0.1) is 5.92 Å². The monoisotopic (exact) mass is 304 g/mol. The number of hydrogen-bond donors (Lipinski definition) is 1. The van der Waals surface area contributed by atoms with E-state index in [2.05, 4.69) is 5.32 Å². The quantitative estimate of drug-likeness (QED) is 0.910. The van der Waals surface area contributed by atoms with E-state index in [1.807, 2.05) is 29.2 Å². The lowest BCUT2D eigenvalue weighted by atomic mass is 9.92. The maximum Gasteiger partial charge on any atom is 0.224 e. The second-order valence-electron chi connectivity index (χ2n) is 5.74. The lowest BCUT2D eigenvalue weighted by Gasteiger charge is -2.31. The van der Waals surface area contributed by atoms with Gasteiger partial charge in [-0.15, -0.1) is 0 Å². The molecule has 5 nitrogen and oxygen atoms in total. The van der Waals surface area contributed by atoms with Gasteiger partial charge in [-0.25, -0.2) is 0 Å². The highest BCUT2D eigenvalue weighted by Crippen LogP contribution is 2.25. The molecule has 0 radical (unpaired) electrons. The molecular weight excluding hydrogens is 280 g/mol. The van der Waals surface area contributed by atoms with Crippen molar-refractivity contribution >= 4 is 17.5 Å². The zero-order valence-electron chi connectivity index (χ0n) is 13.3. The Morgan fingerprint density at radius 1 is 1.27 bits per heavy atom. The summed E-state index contributed by atoms with van der Waals surface area (Å²) < 4.78 is 5.22. The number of hydrogen-bond acceptors (Lipinski definition) is 3. The maximum atomic E-state index is 12.1. The van der Waals surface area contributed by atoms with Crippen LogP contribution in [0.1, 0.15) is 32.6 Å². The highest BCUT2D eigenvalue weighted by Gasteiger charge is 2.21. The van der Waals surface area contributed by atoms with E-state index in [0.29, 0.717) is 23.8 Å². The molecule has 0 atom stereocenters. The van der Waals surface area contributed by atoms with Gasteiger partial charge in [-0.3, -0.25) is 9.59 Å². The molecule has 120 valence electrons. The number of ether oxygens (including phenoxy) is 1. The van der Waals surface area contributed by atoms with Crippen LogP contribution in [0.5, 0.6) is 5.75 Å². The van der Waals surface area contributed by atoms with E-state index in [9.17, 15) is 9.59 Å². The van der Waals surface area contributed by atoms with Crippen molar-refractivity contribution in [3.63, 3.8) is 0 Å². The fraction of sp³-hybridized carbons (Fsp3) is 0.529. The Bertz CT molecular complexity index is 522. The molecule has 0 unspecified atom stereocenters. The van der Waals surface area contributed by atoms with Crippen LogP contribution in [0.2, 0.25) is 0 Å². The topological polar surface area (TPSA) is 58.6 Å². The van der Waals surface area contributed by atoms with Crippen molar-refractivity contribution in [2.24, 2.45) is 5.92 Å². The summed E-state index contributed by atoms with van der Waals surface area (Å²) in [6, 6.07) is 7.40. The summed E-state index contributed by atoms with van der Waals surface area (Å²) in [6.07, 6.45) is 3.35. The van der Waals surface area contributed by atoms with Crippen LogP contribution in [-0.2, 0) is 9.59 Å². The second kappa shape index (κ2) is 7.82. The molecule has 1 aromatic rings. The lowest BCUT2D eigenvalue weighted by Crippen LogP contribution is -2.37. The van der Waals surface area contributed by atoms with E-state index in [0.717, 1.165) is 32.4 Å². The highest BCUT2D eigenvalue weighted by atomic mass is 16.5. The van der Waals surface area contributed by atoms with Crippen LogP contribution in [-0.4, -0.2) is 36.9 Å². The van der Waals surface area contributed by atoms with E-state index in [1.54, 1.807) is 14.0 Å². The van der Waals surface area contributed by atoms with Crippen molar-refractivity contribution in [2.45, 2.75) is 32.6 Å². The smallest absolute Gasteiger partial charge is 0.224 e. The summed E-state index contributed by atoms with van der Waals surface area (Å²) in [5, 5.41) is 2.90. The molecule has 22 heavy (non-hydrogen) atoms. The first-order valence-corrected chi connectivity index (χ1v) is 7.78. The second-order valence-corrected chi connectivity index (χ2v) is 5.74. The van der Waals surface area contributed by atoms with E-state index in [1.165, 1.54) is 0 Å². The summed E-state index contributed by atoms with van der Waals surface area (Å²) in [6.45, 7) is 3.24. The van der Waals surface area contributed by atoms with Crippen molar-refractivity contribution in [3.05, 3.63) is 24.3 Å². The van der Waals surface area contributed by atoms with Gasteiger partial charge in [-0.1, -0.05) is 12.1 Å². The number of nitrogens with zero attached hydrogens (tertiary/aromatic N) is 1. The minimum Gasteiger partial charge on any atom is -0.495 e. The number of methoxy groups -OCH3 is 1. The highest BCUT2D eigenvalue weighted by molar-refractivity contribution is 5.92. The lowest BCUT2D eigenvalue weighted by molar-refractivity contribution is -0.130. The molecule has 0 spiro atoms. The minimum absolute atomic E-state index is 0.0125. The molecule has 1 aromatic carbocycles. The predicted octanol–water partition coefficient (Wildman–Crippen LogP) is 2.67. The third-order valence-electron chi connectivity index (χ3n) is 4.22. The molecule has 0 bridgehead atoms. The van der Waals surface area contributed by atoms with Crippen molar-refractivity contribution < 1.29 is 14.3 Å². The fourth-order valence-corrected chi connectivity index (χ4v) is 2.83. The Kier molecular flexibility index (Phi) is 5.81. The standard InChI is InChI=1S/C17H24N2O3/c1-13(20)19-11-9-14(10-12-19)7-8-17(21)18-15-5-3-4-6-16(15)22-2/h3-6,14H,7-12H2,1-2H3,(H,18,21). The minimum atomic E-state index is 0.0125. The van der Waals surface area contributed by atoms with Gasteiger partial charge in [-0.05, 0) is 37.3 Å². The Balaban J connectivity index is 1.75. The van der Waals surface area contributed by atoms with Crippen molar-refractivity contribution in [2.75, 3.05) is 25.5 Å². The first kappa shape index (κ1) is 16.3. The Morgan fingerprint density at radius 3 is 2.59 bits per heavy atom. The Hall–Kier alpha value is -2.04. The summed E-state index contributed by atoms with van der Waals surface area (Å²) >= 11 is 0. The third kappa shape index (κ3) is 4.48. The van der Waals surface area contributed by atoms with Crippen LogP contribution in [0.4, 0.5) is 5.69 Å². The zero-order chi connectivity index (χ0) is 15.9. The molecule has 2 rings (SSSR count). The molecule has 5 heteroatoms. The van der Waals surface area contributed by atoms with Gasteiger partial charge in [0.15, 0.2) is 0 Å². The zero-order valence-corrected chi connectivity index (χ0v) is 13.3. The number of nitrogens with one attached hydrogen (secondary N) is 1. The summed E-state index contributed by atoms with van der Waals surface area (Å²) in [5.41, 5.74) is 0.710. The molecular formula is C17H24N2O3. The first-order chi connectivity index (χ1) is 10.6. The molecule has 1 aliphatic heterocycles. The van der Waals surface area contributed by atoms with Crippen LogP contribution < -0.4 is 10.1 Å². The number of amides is 2. The number of carbonyl (C=O) groups is 2. The van der Waals surface area contributed by atoms with Crippen LogP contribution in [0.15, 0.2) is 24.3 Å². The number of carbonyl (C=O) groups excluding carboxylic acids is 2. The normalized spacial score (nSPS) is 15.5. The van der Waals surface area contributed by atoms with Gasteiger partial charge < -0.3 is 15.0 Å². The van der Waals surface area contributed by atoms with Gasteiger partial charge in [0.05, 0.1) is 12.8 Å². The molecule has 1 heterocycles. The average molecular weight is 304 g/mol. The number of para-hydroxylation sites is 2. The summed E-state index contributed by atoms with van der Waals surface area (Å²) in [7, 11) is 1.59. The van der Waals surface area contributed by atoms with E-state index < -0.39 is 0 Å². The van der Waals surface area contributed by atoms with E-state index in [-0.39, 0.29) is 11.8 Å². The number of benzene rings is 1. The molecule has 0 saturated carbocycles. The largest absolute Gasteiger partial charge is 0.495 e. The molecule has 1 N–H and O–H groups in total. The van der Waals surface area contributed by atoms with Crippen LogP contribution in [0.25, 0.3) is 0 Å². The van der Waals surface area contributed by atoms with Crippen LogP contribution in [0.3, 0.4) is 0 Å². The van der Waals surface area contributed by atoms with Gasteiger partial charge in [0.25, 0.3) is 0 Å². The Labute approximate surface area is 131 Å². The number of likely N-dealkylation sites (tertiary alicyclic amines) is 1. The van der Waals surface area contributed by atoms with Gasteiger partial charge in [0, 0.05) is 26.4 Å². The molecule has 1 saturated heterocycles. The molecule has 0 aromatic heterocycles. The molecule has 2 amide bonds. The average Bonchev–Trinajstić information content (AvgIpc) is 2.54. The SMILES string of the molecule is COc1ccccc1NC(=O)CCC1CCN(C(C)=O)CC1. The van der Waals surface area contributed by atoms with Crippen LogP contribution >= 0.6 is 0 Å². The molecule has 0 aliphatic carbocycles. The van der Waals surface area contributed by atoms with Crippen molar-refractivity contribution in [1.29, 1.82) is 0 Å². The van der Waals surface area contributed by atoms with Crippen molar-refractivity contribution in [3.8, 4) is 5.75 Å². The van der Waals surface area contributed by atoms with Gasteiger partial charge in [0.2, 0.25) is 11.8 Å². The maximum absolute atomic E-state index is 12.1. The third-order valence-corrected chi connectivity index (χ3v) is 4.22. The van der Waals surface area contributed by atoms with E-state index in [4.69, 9.17) is 4.74 Å². The summed E-state index contributed by atoms with van der Waals surface area (Å²) in [5.74, 6) is 1.36. The molecule has 1 aliphatic rings. The van der Waals surface area contributed by atoms with Gasteiger partial charge in [0.1, 0.15) is 5.75 Å². The van der Waals surface area contributed by atoms with Gasteiger partial charge >= 0.3 is 0 Å². The van der Waals surface area contributed by atoms with Crippen molar-refractivity contribution in [1.82, 2.24) is 4.90 Å².